The lowest BCUT2D eigenvalue weighted by Gasteiger charge is -2.40. The summed E-state index contributed by atoms with van der Waals surface area (Å²) in [5.74, 6) is 0.0533. The van der Waals surface area contributed by atoms with Crippen LogP contribution in [-0.2, 0) is 4.79 Å². The number of nitrogens with one attached hydrogen (secondary N) is 1. The van der Waals surface area contributed by atoms with Crippen LogP contribution in [0.25, 0.3) is 0 Å². The Balaban J connectivity index is 1.19. The zero-order chi connectivity index (χ0) is 24.2. The van der Waals surface area contributed by atoms with Crippen LogP contribution >= 0.6 is 0 Å². The Labute approximate surface area is 207 Å². The SMILES string of the molecule is Cc1ccc(N2CC(NC(=O)N3CCN(C(c4ccccc4)c4ccccc4)CC3)CC2=O)cc1. The van der Waals surface area contributed by atoms with Crippen molar-refractivity contribution in [3.63, 3.8) is 0 Å². The molecule has 2 heterocycles. The van der Waals surface area contributed by atoms with E-state index in [1.807, 2.05) is 48.2 Å². The molecule has 1 unspecified atom stereocenters. The van der Waals surface area contributed by atoms with Crippen molar-refractivity contribution < 1.29 is 9.59 Å². The van der Waals surface area contributed by atoms with Crippen LogP contribution in [0.1, 0.15) is 29.2 Å². The average Bonchev–Trinajstić information content (AvgIpc) is 3.26. The second kappa shape index (κ2) is 10.3. The summed E-state index contributed by atoms with van der Waals surface area (Å²) in [4.78, 5) is 31.7. The number of carbonyl (C=O) groups excluding carboxylic acids is 2. The van der Waals surface area contributed by atoms with E-state index < -0.39 is 0 Å². The van der Waals surface area contributed by atoms with Crippen LogP contribution in [0.15, 0.2) is 84.9 Å². The van der Waals surface area contributed by atoms with Gasteiger partial charge in [-0.25, -0.2) is 4.79 Å². The molecule has 0 bridgehead atoms. The van der Waals surface area contributed by atoms with Gasteiger partial charge in [-0.1, -0.05) is 78.4 Å². The van der Waals surface area contributed by atoms with Gasteiger partial charge in [-0.05, 0) is 30.2 Å². The largest absolute Gasteiger partial charge is 0.333 e. The molecule has 3 aromatic carbocycles. The lowest BCUT2D eigenvalue weighted by molar-refractivity contribution is -0.117. The summed E-state index contributed by atoms with van der Waals surface area (Å²) in [6.45, 7) is 5.44. The Morgan fingerprint density at radius 2 is 1.40 bits per heavy atom. The molecule has 1 atom stereocenters. The Morgan fingerprint density at radius 1 is 0.829 bits per heavy atom. The molecule has 0 saturated carbocycles. The predicted molar refractivity (Wildman–Crippen MR) is 138 cm³/mol. The van der Waals surface area contributed by atoms with Crippen molar-refractivity contribution in [1.29, 1.82) is 0 Å². The maximum absolute atomic E-state index is 13.0. The Morgan fingerprint density at radius 3 is 1.97 bits per heavy atom. The molecule has 3 aromatic rings. The molecule has 35 heavy (non-hydrogen) atoms. The number of nitrogens with zero attached hydrogens (tertiary/aromatic N) is 3. The zero-order valence-electron chi connectivity index (χ0n) is 20.1. The highest BCUT2D eigenvalue weighted by Crippen LogP contribution is 2.29. The lowest BCUT2D eigenvalue weighted by atomic mass is 9.96. The van der Waals surface area contributed by atoms with Gasteiger partial charge in [0.25, 0.3) is 0 Å². The first-order chi connectivity index (χ1) is 17.1. The quantitative estimate of drug-likeness (QED) is 0.610. The molecule has 6 heteroatoms. The first-order valence-corrected chi connectivity index (χ1v) is 12.3. The highest BCUT2D eigenvalue weighted by molar-refractivity contribution is 5.96. The van der Waals surface area contributed by atoms with Gasteiger partial charge in [0, 0.05) is 44.8 Å². The van der Waals surface area contributed by atoms with Gasteiger partial charge in [0.05, 0.1) is 12.1 Å². The van der Waals surface area contributed by atoms with Crippen LogP contribution in [0, 0.1) is 6.92 Å². The van der Waals surface area contributed by atoms with Crippen molar-refractivity contribution in [2.24, 2.45) is 0 Å². The van der Waals surface area contributed by atoms with Gasteiger partial charge >= 0.3 is 6.03 Å². The Hall–Kier alpha value is -3.64. The minimum atomic E-state index is -0.171. The Kier molecular flexibility index (Phi) is 6.82. The molecular formula is C29H32N4O2. The fourth-order valence-corrected chi connectivity index (χ4v) is 5.11. The molecule has 3 amide bonds. The number of aryl methyl sites for hydroxylation is 1. The summed E-state index contributed by atoms with van der Waals surface area (Å²) in [7, 11) is 0. The number of hydrogen-bond acceptors (Lipinski definition) is 3. The third-order valence-corrected chi connectivity index (χ3v) is 7.00. The standard InChI is InChI=1S/C29H32N4O2/c1-22-12-14-26(15-13-22)33-21-25(20-27(33)34)30-29(35)32-18-16-31(17-19-32)28(23-8-4-2-5-9-23)24-10-6-3-7-11-24/h2-15,25,28H,16-21H2,1H3,(H,30,35). The van der Waals surface area contributed by atoms with Crippen LogP contribution in [0.2, 0.25) is 0 Å². The zero-order valence-corrected chi connectivity index (χ0v) is 20.1. The summed E-state index contributed by atoms with van der Waals surface area (Å²) in [5.41, 5.74) is 4.57. The topological polar surface area (TPSA) is 55.9 Å². The molecule has 2 aliphatic heterocycles. The van der Waals surface area contributed by atoms with E-state index in [1.165, 1.54) is 11.1 Å². The number of rotatable bonds is 5. The second-order valence-electron chi connectivity index (χ2n) is 9.44. The first-order valence-electron chi connectivity index (χ1n) is 12.3. The van der Waals surface area contributed by atoms with E-state index in [1.54, 1.807) is 4.90 Å². The number of carbonyl (C=O) groups is 2. The van der Waals surface area contributed by atoms with Gasteiger partial charge < -0.3 is 15.1 Å². The van der Waals surface area contributed by atoms with Gasteiger partial charge in [0.2, 0.25) is 5.91 Å². The highest BCUT2D eigenvalue weighted by Gasteiger charge is 2.34. The predicted octanol–water partition coefficient (Wildman–Crippen LogP) is 4.22. The Bertz CT molecular complexity index is 1100. The van der Waals surface area contributed by atoms with Crippen LogP contribution in [0.3, 0.4) is 0 Å². The normalized spacial score (nSPS) is 18.8. The second-order valence-corrected chi connectivity index (χ2v) is 9.44. The van der Waals surface area contributed by atoms with E-state index in [-0.39, 0.29) is 24.0 Å². The fourth-order valence-electron chi connectivity index (χ4n) is 5.11. The molecule has 2 fully saturated rings. The van der Waals surface area contributed by atoms with Crippen molar-refractivity contribution in [2.45, 2.75) is 25.4 Å². The van der Waals surface area contributed by atoms with Crippen LogP contribution in [-0.4, -0.2) is 60.5 Å². The van der Waals surface area contributed by atoms with E-state index in [9.17, 15) is 9.59 Å². The van der Waals surface area contributed by atoms with Crippen molar-refractivity contribution in [3.8, 4) is 0 Å². The molecule has 1 N–H and O–H groups in total. The van der Waals surface area contributed by atoms with Crippen LogP contribution in [0.4, 0.5) is 10.5 Å². The molecule has 0 aromatic heterocycles. The van der Waals surface area contributed by atoms with Crippen LogP contribution in [0.5, 0.6) is 0 Å². The molecule has 0 aliphatic carbocycles. The minimum Gasteiger partial charge on any atom is -0.333 e. The van der Waals surface area contributed by atoms with Crippen molar-refractivity contribution >= 4 is 17.6 Å². The van der Waals surface area contributed by atoms with Gasteiger partial charge in [-0.2, -0.15) is 0 Å². The molecule has 5 rings (SSSR count). The monoisotopic (exact) mass is 468 g/mol. The summed E-state index contributed by atoms with van der Waals surface area (Å²) in [6.07, 6.45) is 0.337. The fraction of sp³-hybridized carbons (Fsp3) is 0.310. The van der Waals surface area contributed by atoms with Gasteiger partial charge in [-0.15, -0.1) is 0 Å². The van der Waals surface area contributed by atoms with E-state index in [2.05, 4.69) is 58.7 Å². The third-order valence-electron chi connectivity index (χ3n) is 7.00. The number of benzene rings is 3. The smallest absolute Gasteiger partial charge is 0.317 e. The van der Waals surface area contributed by atoms with Gasteiger partial charge in [-0.3, -0.25) is 9.69 Å². The van der Waals surface area contributed by atoms with Gasteiger partial charge in [0.15, 0.2) is 0 Å². The number of amides is 3. The lowest BCUT2D eigenvalue weighted by Crippen LogP contribution is -2.54. The number of urea groups is 1. The molecule has 2 saturated heterocycles. The van der Waals surface area contributed by atoms with E-state index in [4.69, 9.17) is 0 Å². The number of anilines is 1. The average molecular weight is 469 g/mol. The molecule has 0 radical (unpaired) electrons. The first kappa shape index (κ1) is 23.1. The maximum atomic E-state index is 13.0. The maximum Gasteiger partial charge on any atom is 0.317 e. The summed E-state index contributed by atoms with van der Waals surface area (Å²) < 4.78 is 0. The summed E-state index contributed by atoms with van der Waals surface area (Å²) in [5, 5.41) is 3.10. The molecule has 0 spiro atoms. The van der Waals surface area contributed by atoms with Crippen LogP contribution < -0.4 is 10.2 Å². The van der Waals surface area contributed by atoms with Gasteiger partial charge in [0.1, 0.15) is 0 Å². The van der Waals surface area contributed by atoms with Crippen molar-refractivity contribution in [1.82, 2.24) is 15.1 Å². The highest BCUT2D eigenvalue weighted by atomic mass is 16.2. The molecule has 2 aliphatic rings. The minimum absolute atomic E-state index is 0.0533. The summed E-state index contributed by atoms with van der Waals surface area (Å²) in [6, 6.07) is 29.0. The summed E-state index contributed by atoms with van der Waals surface area (Å²) >= 11 is 0. The molecule has 180 valence electrons. The molecular weight excluding hydrogens is 436 g/mol. The van der Waals surface area contributed by atoms with E-state index >= 15 is 0 Å². The number of piperazine rings is 1. The molecule has 6 nitrogen and oxygen atoms in total. The van der Waals surface area contributed by atoms with E-state index in [0.29, 0.717) is 26.1 Å². The van der Waals surface area contributed by atoms with Crippen molar-refractivity contribution in [3.05, 3.63) is 102 Å². The third kappa shape index (κ3) is 5.23. The van der Waals surface area contributed by atoms with E-state index in [0.717, 1.165) is 24.3 Å². The number of hydrogen-bond donors (Lipinski definition) is 1. The van der Waals surface area contributed by atoms with Crippen molar-refractivity contribution in [2.75, 3.05) is 37.6 Å².